The average Bonchev–Trinajstić information content (AvgIpc) is 2.27. The molecule has 1 aliphatic heterocycles. The van der Waals surface area contributed by atoms with Crippen LogP contribution in [0.5, 0.6) is 0 Å². The van der Waals surface area contributed by atoms with Crippen LogP contribution in [0.2, 0.25) is 0 Å². The van der Waals surface area contributed by atoms with Crippen molar-refractivity contribution in [1.82, 2.24) is 0 Å². The lowest BCUT2D eigenvalue weighted by Gasteiger charge is -2.21. The SMILES string of the molecule is CC1=NC2CCCCC2O1. The van der Waals surface area contributed by atoms with Gasteiger partial charge < -0.3 is 4.74 Å². The minimum atomic E-state index is 0.439. The Morgan fingerprint density at radius 3 is 3.00 bits per heavy atom. The molecule has 1 aliphatic carbocycles. The molecule has 1 heterocycles. The third kappa shape index (κ3) is 0.917. The van der Waals surface area contributed by atoms with Gasteiger partial charge in [-0.2, -0.15) is 0 Å². The largest absolute Gasteiger partial charge is 0.476 e. The maximum Gasteiger partial charge on any atom is 0.180 e. The lowest BCUT2D eigenvalue weighted by molar-refractivity contribution is 0.151. The predicted molar refractivity (Wildman–Crippen MR) is 40.2 cm³/mol. The second-order valence-electron chi connectivity index (χ2n) is 3.16. The van der Waals surface area contributed by atoms with Crippen molar-refractivity contribution in [1.29, 1.82) is 0 Å². The standard InChI is InChI=1S/C8H13NO/c1-6-9-7-4-2-3-5-8(7)10-6/h7-8H,2-5H2,1H3. The van der Waals surface area contributed by atoms with Crippen LogP contribution in [0.4, 0.5) is 0 Å². The minimum Gasteiger partial charge on any atom is -0.476 e. The lowest BCUT2D eigenvalue weighted by atomic mass is 9.94. The van der Waals surface area contributed by atoms with E-state index < -0.39 is 0 Å². The van der Waals surface area contributed by atoms with Crippen LogP contribution in [0.15, 0.2) is 4.99 Å². The molecule has 0 aromatic rings. The third-order valence-corrected chi connectivity index (χ3v) is 2.34. The van der Waals surface area contributed by atoms with Crippen LogP contribution < -0.4 is 0 Å². The van der Waals surface area contributed by atoms with Crippen LogP contribution in [0.25, 0.3) is 0 Å². The minimum absolute atomic E-state index is 0.439. The van der Waals surface area contributed by atoms with Gasteiger partial charge in [0.2, 0.25) is 0 Å². The van der Waals surface area contributed by atoms with Gasteiger partial charge in [-0.05, 0) is 19.3 Å². The third-order valence-electron chi connectivity index (χ3n) is 2.34. The lowest BCUT2D eigenvalue weighted by Crippen LogP contribution is -2.25. The average molecular weight is 139 g/mol. The summed E-state index contributed by atoms with van der Waals surface area (Å²) in [4.78, 5) is 4.40. The van der Waals surface area contributed by atoms with Crippen molar-refractivity contribution in [3.63, 3.8) is 0 Å². The van der Waals surface area contributed by atoms with Crippen LogP contribution in [-0.4, -0.2) is 18.0 Å². The zero-order chi connectivity index (χ0) is 6.97. The summed E-state index contributed by atoms with van der Waals surface area (Å²) < 4.78 is 5.52. The molecular weight excluding hydrogens is 126 g/mol. The van der Waals surface area contributed by atoms with E-state index in [1.165, 1.54) is 25.7 Å². The highest BCUT2D eigenvalue weighted by molar-refractivity contribution is 5.75. The van der Waals surface area contributed by atoms with Gasteiger partial charge in [0.1, 0.15) is 6.10 Å². The first kappa shape index (κ1) is 6.20. The highest BCUT2D eigenvalue weighted by Crippen LogP contribution is 2.27. The molecule has 1 fully saturated rings. The molecule has 0 spiro atoms. The number of hydrogen-bond donors (Lipinski definition) is 0. The van der Waals surface area contributed by atoms with Gasteiger partial charge in [0.05, 0.1) is 6.04 Å². The summed E-state index contributed by atoms with van der Waals surface area (Å²) in [5.74, 6) is 0.900. The summed E-state index contributed by atoms with van der Waals surface area (Å²) in [5, 5.41) is 0. The molecule has 0 aromatic heterocycles. The van der Waals surface area contributed by atoms with Crippen molar-refractivity contribution >= 4 is 5.90 Å². The van der Waals surface area contributed by atoms with Crippen LogP contribution >= 0.6 is 0 Å². The number of nitrogens with zero attached hydrogens (tertiary/aromatic N) is 1. The van der Waals surface area contributed by atoms with Crippen LogP contribution in [0.3, 0.4) is 0 Å². The van der Waals surface area contributed by atoms with Crippen molar-refractivity contribution in [3.8, 4) is 0 Å². The van der Waals surface area contributed by atoms with Gasteiger partial charge in [0.15, 0.2) is 5.90 Å². The highest BCUT2D eigenvalue weighted by atomic mass is 16.5. The molecule has 2 nitrogen and oxygen atoms in total. The van der Waals surface area contributed by atoms with Crippen molar-refractivity contribution < 1.29 is 4.74 Å². The van der Waals surface area contributed by atoms with Crippen molar-refractivity contribution in [3.05, 3.63) is 0 Å². The molecule has 0 amide bonds. The van der Waals surface area contributed by atoms with Crippen LogP contribution in [0.1, 0.15) is 32.6 Å². The molecule has 0 radical (unpaired) electrons. The first-order valence-electron chi connectivity index (χ1n) is 4.07. The normalized spacial score (nSPS) is 38.3. The molecule has 0 saturated heterocycles. The Hall–Kier alpha value is -0.530. The zero-order valence-electron chi connectivity index (χ0n) is 6.34. The number of ether oxygens (including phenoxy) is 1. The van der Waals surface area contributed by atoms with Gasteiger partial charge >= 0.3 is 0 Å². The maximum absolute atomic E-state index is 5.52. The Kier molecular flexibility index (Phi) is 1.40. The molecule has 0 aromatic carbocycles. The van der Waals surface area contributed by atoms with Gasteiger partial charge in [-0.1, -0.05) is 6.42 Å². The quantitative estimate of drug-likeness (QED) is 0.501. The second-order valence-corrected chi connectivity index (χ2v) is 3.16. The molecule has 1 saturated carbocycles. The molecule has 10 heavy (non-hydrogen) atoms. The maximum atomic E-state index is 5.52. The summed E-state index contributed by atoms with van der Waals surface area (Å²) in [5.41, 5.74) is 0. The predicted octanol–water partition coefficient (Wildman–Crippen LogP) is 1.75. The molecule has 2 heteroatoms. The topological polar surface area (TPSA) is 21.6 Å². The Bertz CT molecular complexity index is 165. The molecule has 2 atom stereocenters. The molecule has 2 unspecified atom stereocenters. The van der Waals surface area contributed by atoms with Crippen LogP contribution in [-0.2, 0) is 4.74 Å². The van der Waals surface area contributed by atoms with E-state index in [9.17, 15) is 0 Å². The van der Waals surface area contributed by atoms with Crippen molar-refractivity contribution in [2.75, 3.05) is 0 Å². The number of aliphatic imine (C=N–C) groups is 1. The van der Waals surface area contributed by atoms with Gasteiger partial charge in [-0.25, -0.2) is 4.99 Å². The first-order valence-corrected chi connectivity index (χ1v) is 4.07. The highest BCUT2D eigenvalue weighted by Gasteiger charge is 2.30. The van der Waals surface area contributed by atoms with E-state index >= 15 is 0 Å². The summed E-state index contributed by atoms with van der Waals surface area (Å²) in [6, 6.07) is 0.508. The Morgan fingerprint density at radius 1 is 1.40 bits per heavy atom. The molecule has 56 valence electrons. The fourth-order valence-corrected chi connectivity index (χ4v) is 1.85. The summed E-state index contributed by atoms with van der Waals surface area (Å²) in [6.07, 6.45) is 5.55. The number of rotatable bonds is 0. The van der Waals surface area contributed by atoms with E-state index in [2.05, 4.69) is 4.99 Å². The van der Waals surface area contributed by atoms with Gasteiger partial charge in [0.25, 0.3) is 0 Å². The second kappa shape index (κ2) is 2.26. The molecule has 0 bridgehead atoms. The van der Waals surface area contributed by atoms with Crippen molar-refractivity contribution in [2.45, 2.75) is 44.8 Å². The Balaban J connectivity index is 2.06. The van der Waals surface area contributed by atoms with Gasteiger partial charge in [-0.3, -0.25) is 0 Å². The molecule has 2 rings (SSSR count). The monoisotopic (exact) mass is 139 g/mol. The van der Waals surface area contributed by atoms with Gasteiger partial charge in [-0.15, -0.1) is 0 Å². The zero-order valence-corrected chi connectivity index (χ0v) is 6.34. The van der Waals surface area contributed by atoms with E-state index in [0.29, 0.717) is 12.1 Å². The Morgan fingerprint density at radius 2 is 2.20 bits per heavy atom. The van der Waals surface area contributed by atoms with E-state index in [-0.39, 0.29) is 0 Å². The summed E-state index contributed by atoms with van der Waals surface area (Å²) >= 11 is 0. The summed E-state index contributed by atoms with van der Waals surface area (Å²) in [7, 11) is 0. The van der Waals surface area contributed by atoms with E-state index in [4.69, 9.17) is 4.74 Å². The smallest absolute Gasteiger partial charge is 0.180 e. The fourth-order valence-electron chi connectivity index (χ4n) is 1.85. The molecular formula is C8H13NO. The molecule has 0 N–H and O–H groups in total. The van der Waals surface area contributed by atoms with Crippen LogP contribution in [0, 0.1) is 0 Å². The van der Waals surface area contributed by atoms with E-state index in [1.54, 1.807) is 0 Å². The van der Waals surface area contributed by atoms with Gasteiger partial charge in [0, 0.05) is 6.92 Å². The summed E-state index contributed by atoms with van der Waals surface area (Å²) in [6.45, 7) is 1.96. The number of hydrogen-bond acceptors (Lipinski definition) is 2. The number of fused-ring (bicyclic) bond motifs is 1. The molecule has 2 aliphatic rings. The van der Waals surface area contributed by atoms with E-state index in [1.807, 2.05) is 6.92 Å². The van der Waals surface area contributed by atoms with Crippen molar-refractivity contribution in [2.24, 2.45) is 4.99 Å². The van der Waals surface area contributed by atoms with E-state index in [0.717, 1.165) is 5.90 Å². The fraction of sp³-hybridized carbons (Fsp3) is 0.875. The first-order chi connectivity index (χ1) is 4.86. The Labute approximate surface area is 61.3 Å².